The van der Waals surface area contributed by atoms with Gasteiger partial charge in [-0.1, -0.05) is 23.6 Å². The lowest BCUT2D eigenvalue weighted by Crippen LogP contribution is -2.16. The van der Waals surface area contributed by atoms with Gasteiger partial charge in [0, 0.05) is 28.7 Å². The average molecular weight is 321 g/mol. The smallest absolute Gasteiger partial charge is 0.344 e. The second-order valence-electron chi connectivity index (χ2n) is 4.73. The number of hydrogen-bond acceptors (Lipinski definition) is 5. The van der Waals surface area contributed by atoms with Gasteiger partial charge in [0.25, 0.3) is 0 Å². The monoisotopic (exact) mass is 321 g/mol. The van der Waals surface area contributed by atoms with Crippen molar-refractivity contribution in [2.75, 3.05) is 6.61 Å². The Hall–Kier alpha value is -1.49. The van der Waals surface area contributed by atoms with Crippen molar-refractivity contribution in [3.63, 3.8) is 0 Å². The molecule has 1 saturated carbocycles. The largest absolute Gasteiger partial charge is 0.395 e. The van der Waals surface area contributed by atoms with E-state index in [0.717, 1.165) is 29.3 Å². The summed E-state index contributed by atoms with van der Waals surface area (Å²) in [5.74, 6) is 6.76. The van der Waals surface area contributed by atoms with E-state index in [0.29, 0.717) is 12.5 Å². The Morgan fingerprint density at radius 2 is 2.43 bits per heavy atom. The third-order valence-corrected chi connectivity index (χ3v) is 5.20. The van der Waals surface area contributed by atoms with Crippen molar-refractivity contribution in [2.45, 2.75) is 36.2 Å². The maximum Gasteiger partial charge on any atom is 0.344 e. The van der Waals surface area contributed by atoms with E-state index in [4.69, 9.17) is 5.11 Å². The standard InChI is InChI=1S/C14H15N3O2S2/c18-7-2-1-3-10-6-8-20-12(10)9-21-14-16-15-13(19)17(14)11-4-5-11/h6,8,11,18H,2,4-5,7,9H2,(H,15,19). The van der Waals surface area contributed by atoms with Crippen LogP contribution in [0.3, 0.4) is 0 Å². The van der Waals surface area contributed by atoms with Crippen molar-refractivity contribution in [3.8, 4) is 11.8 Å². The van der Waals surface area contributed by atoms with Gasteiger partial charge >= 0.3 is 5.69 Å². The molecule has 2 aromatic rings. The molecule has 0 aromatic carbocycles. The van der Waals surface area contributed by atoms with E-state index >= 15 is 0 Å². The number of nitrogens with one attached hydrogen (secondary N) is 1. The van der Waals surface area contributed by atoms with E-state index in [1.807, 2.05) is 11.4 Å². The number of thiophene rings is 1. The molecular formula is C14H15N3O2S2. The Morgan fingerprint density at radius 1 is 1.57 bits per heavy atom. The van der Waals surface area contributed by atoms with Gasteiger partial charge in [-0.3, -0.25) is 4.57 Å². The van der Waals surface area contributed by atoms with Crippen LogP contribution in [0.15, 0.2) is 21.4 Å². The van der Waals surface area contributed by atoms with Crippen LogP contribution in [-0.2, 0) is 5.75 Å². The Kier molecular flexibility index (Phi) is 4.48. The van der Waals surface area contributed by atoms with Gasteiger partial charge in [0.15, 0.2) is 5.16 Å². The Morgan fingerprint density at radius 3 is 3.19 bits per heavy atom. The van der Waals surface area contributed by atoms with Gasteiger partial charge in [-0.15, -0.1) is 16.4 Å². The number of aliphatic hydroxyl groups excluding tert-OH is 1. The van der Waals surface area contributed by atoms with E-state index in [1.165, 1.54) is 4.88 Å². The summed E-state index contributed by atoms with van der Waals surface area (Å²) in [6.07, 6.45) is 2.61. The molecule has 0 spiro atoms. The SMILES string of the molecule is O=c1[nH]nc(SCc2sccc2C#CCCO)n1C1CC1. The molecule has 2 N–H and O–H groups in total. The number of nitrogens with zero attached hydrogens (tertiary/aromatic N) is 2. The van der Waals surface area contributed by atoms with Crippen LogP contribution in [0.25, 0.3) is 0 Å². The lowest BCUT2D eigenvalue weighted by Gasteiger charge is -2.02. The molecule has 0 unspecified atom stereocenters. The lowest BCUT2D eigenvalue weighted by atomic mass is 10.2. The maximum absolute atomic E-state index is 11.7. The summed E-state index contributed by atoms with van der Waals surface area (Å²) in [7, 11) is 0. The number of hydrogen-bond donors (Lipinski definition) is 2. The molecule has 0 atom stereocenters. The van der Waals surface area contributed by atoms with E-state index in [9.17, 15) is 4.79 Å². The fraction of sp³-hybridized carbons (Fsp3) is 0.429. The van der Waals surface area contributed by atoms with Crippen LogP contribution >= 0.6 is 23.1 Å². The van der Waals surface area contributed by atoms with Crippen molar-refractivity contribution in [1.82, 2.24) is 14.8 Å². The first-order valence-electron chi connectivity index (χ1n) is 6.75. The zero-order valence-electron chi connectivity index (χ0n) is 11.3. The quantitative estimate of drug-likeness (QED) is 0.653. The molecule has 0 aliphatic heterocycles. The summed E-state index contributed by atoms with van der Waals surface area (Å²) >= 11 is 3.21. The molecule has 0 amide bonds. The Balaban J connectivity index is 1.70. The van der Waals surface area contributed by atoms with Crippen LogP contribution in [0.1, 0.15) is 35.7 Å². The molecule has 2 heterocycles. The molecule has 7 heteroatoms. The summed E-state index contributed by atoms with van der Waals surface area (Å²) in [4.78, 5) is 12.9. The van der Waals surface area contributed by atoms with E-state index in [-0.39, 0.29) is 12.3 Å². The highest BCUT2D eigenvalue weighted by Crippen LogP contribution is 2.37. The van der Waals surface area contributed by atoms with Crippen molar-refractivity contribution >= 4 is 23.1 Å². The Labute approximate surface area is 130 Å². The topological polar surface area (TPSA) is 70.9 Å². The molecule has 0 radical (unpaired) electrons. The molecule has 0 saturated heterocycles. The first-order chi connectivity index (χ1) is 10.3. The minimum atomic E-state index is -0.117. The fourth-order valence-corrected chi connectivity index (χ4v) is 3.91. The lowest BCUT2D eigenvalue weighted by molar-refractivity contribution is 0.305. The fourth-order valence-electron chi connectivity index (χ4n) is 1.95. The maximum atomic E-state index is 11.7. The summed E-state index contributed by atoms with van der Waals surface area (Å²) in [6, 6.07) is 2.31. The predicted molar refractivity (Wildman–Crippen MR) is 83.6 cm³/mol. The molecule has 1 aliphatic rings. The zero-order chi connectivity index (χ0) is 14.7. The third-order valence-electron chi connectivity index (χ3n) is 3.12. The summed E-state index contributed by atoms with van der Waals surface area (Å²) in [6.45, 7) is 0.0855. The van der Waals surface area contributed by atoms with Gasteiger partial charge < -0.3 is 5.11 Å². The second kappa shape index (κ2) is 6.52. The number of aromatic nitrogens is 3. The van der Waals surface area contributed by atoms with Crippen LogP contribution in [0.5, 0.6) is 0 Å². The van der Waals surface area contributed by atoms with Crippen molar-refractivity contribution in [2.24, 2.45) is 0 Å². The van der Waals surface area contributed by atoms with Crippen LogP contribution in [0, 0.1) is 11.8 Å². The predicted octanol–water partition coefficient (Wildman–Crippen LogP) is 1.99. The molecule has 110 valence electrons. The molecular weight excluding hydrogens is 306 g/mol. The normalized spacial score (nSPS) is 14.0. The van der Waals surface area contributed by atoms with E-state index in [2.05, 4.69) is 22.0 Å². The highest BCUT2D eigenvalue weighted by atomic mass is 32.2. The van der Waals surface area contributed by atoms with Crippen molar-refractivity contribution in [1.29, 1.82) is 0 Å². The van der Waals surface area contributed by atoms with E-state index < -0.39 is 0 Å². The molecule has 2 aromatic heterocycles. The van der Waals surface area contributed by atoms with Crippen molar-refractivity contribution < 1.29 is 5.11 Å². The summed E-state index contributed by atoms with van der Waals surface area (Å²) in [5.41, 5.74) is 0.881. The van der Waals surface area contributed by atoms with Crippen LogP contribution in [0.2, 0.25) is 0 Å². The first kappa shape index (κ1) is 14.4. The zero-order valence-corrected chi connectivity index (χ0v) is 13.0. The van der Waals surface area contributed by atoms with Gasteiger partial charge in [0.1, 0.15) is 0 Å². The van der Waals surface area contributed by atoms with Gasteiger partial charge in [0.05, 0.1) is 6.61 Å². The molecule has 1 fully saturated rings. The molecule has 3 rings (SSSR count). The van der Waals surface area contributed by atoms with Crippen LogP contribution < -0.4 is 5.69 Å². The van der Waals surface area contributed by atoms with Gasteiger partial charge in [-0.05, 0) is 24.3 Å². The number of aliphatic hydroxyl groups is 1. The van der Waals surface area contributed by atoms with Gasteiger partial charge in [0.2, 0.25) is 0 Å². The third kappa shape index (κ3) is 3.40. The number of rotatable bonds is 5. The average Bonchev–Trinajstić information content (AvgIpc) is 3.10. The van der Waals surface area contributed by atoms with Gasteiger partial charge in [-0.25, -0.2) is 9.89 Å². The molecule has 5 nitrogen and oxygen atoms in total. The highest BCUT2D eigenvalue weighted by Gasteiger charge is 2.28. The molecule has 1 aliphatic carbocycles. The minimum absolute atomic E-state index is 0.0855. The van der Waals surface area contributed by atoms with Crippen LogP contribution in [0.4, 0.5) is 0 Å². The number of thioether (sulfide) groups is 1. The highest BCUT2D eigenvalue weighted by molar-refractivity contribution is 7.98. The Bertz CT molecular complexity index is 731. The summed E-state index contributed by atoms with van der Waals surface area (Å²) < 4.78 is 1.76. The van der Waals surface area contributed by atoms with Gasteiger partial charge in [-0.2, -0.15) is 0 Å². The second-order valence-corrected chi connectivity index (χ2v) is 6.68. The molecule has 21 heavy (non-hydrogen) atoms. The van der Waals surface area contributed by atoms with Crippen LogP contribution in [-0.4, -0.2) is 26.5 Å². The number of aromatic amines is 1. The first-order valence-corrected chi connectivity index (χ1v) is 8.62. The minimum Gasteiger partial charge on any atom is -0.395 e. The number of H-pyrrole nitrogens is 1. The summed E-state index contributed by atoms with van der Waals surface area (Å²) in [5, 5.41) is 18.2. The van der Waals surface area contributed by atoms with Crippen molar-refractivity contribution in [3.05, 3.63) is 32.4 Å². The molecule has 0 bridgehead atoms. The van der Waals surface area contributed by atoms with E-state index in [1.54, 1.807) is 27.7 Å².